The summed E-state index contributed by atoms with van der Waals surface area (Å²) < 4.78 is 0. The maximum absolute atomic E-state index is 4.25. The summed E-state index contributed by atoms with van der Waals surface area (Å²) in [6.07, 6.45) is 3.70. The van der Waals surface area contributed by atoms with Gasteiger partial charge >= 0.3 is 0 Å². The minimum Gasteiger partial charge on any atom is -0.227 e. The molecule has 0 saturated heterocycles. The van der Waals surface area contributed by atoms with Gasteiger partial charge in [-0.05, 0) is 24.3 Å². The number of hydrogen-bond acceptors (Lipinski definition) is 4. The molecule has 3 aromatic rings. The molecule has 0 aliphatic rings. The summed E-state index contributed by atoms with van der Waals surface area (Å²) >= 11 is 1.49. The van der Waals surface area contributed by atoms with E-state index in [0.717, 1.165) is 11.3 Å². The number of thioether (sulfide) groups is 1. The van der Waals surface area contributed by atoms with Crippen LogP contribution in [0.15, 0.2) is 59.9 Å². The highest BCUT2D eigenvalue weighted by atomic mass is 32.2. The Morgan fingerprint density at radius 3 is 1.86 bits per heavy atom. The summed E-state index contributed by atoms with van der Waals surface area (Å²) in [5.41, 5.74) is 5.50. The number of hydrogen-bond donors (Lipinski definition) is 0. The van der Waals surface area contributed by atoms with E-state index in [-0.39, 0.29) is 0 Å². The van der Waals surface area contributed by atoms with Crippen molar-refractivity contribution in [1.82, 2.24) is 15.2 Å². The van der Waals surface area contributed by atoms with Gasteiger partial charge in [0.25, 0.3) is 0 Å². The Morgan fingerprint density at radius 2 is 1.33 bits per heavy atom. The minimum absolute atomic E-state index is 0.690. The summed E-state index contributed by atoms with van der Waals surface area (Å²) in [5, 5.41) is 8.96. The second kappa shape index (κ2) is 6.06. The highest BCUT2D eigenvalue weighted by Crippen LogP contribution is 2.23. The largest absolute Gasteiger partial charge is 0.227 e. The van der Waals surface area contributed by atoms with Gasteiger partial charge < -0.3 is 0 Å². The van der Waals surface area contributed by atoms with Crippen molar-refractivity contribution in [2.45, 2.75) is 12.1 Å². The Balaban J connectivity index is 1.87. The van der Waals surface area contributed by atoms with Crippen LogP contribution in [0.5, 0.6) is 0 Å². The number of benzene rings is 2. The fourth-order valence-corrected chi connectivity index (χ4v) is 2.35. The Kier molecular flexibility index (Phi) is 3.97. The van der Waals surface area contributed by atoms with Gasteiger partial charge in [-0.1, -0.05) is 65.9 Å². The van der Waals surface area contributed by atoms with Crippen LogP contribution in [0.25, 0.3) is 22.4 Å². The summed E-state index contributed by atoms with van der Waals surface area (Å²) in [5.74, 6) is 0. The first-order valence-electron chi connectivity index (χ1n) is 6.67. The fourth-order valence-electron chi connectivity index (χ4n) is 2.07. The zero-order valence-corrected chi connectivity index (χ0v) is 12.8. The summed E-state index contributed by atoms with van der Waals surface area (Å²) in [6, 6.07) is 16.8. The van der Waals surface area contributed by atoms with Crippen molar-refractivity contribution in [1.29, 1.82) is 0 Å². The molecule has 0 amide bonds. The third-order valence-corrected chi connectivity index (χ3v) is 3.84. The molecule has 104 valence electrons. The molecule has 0 fully saturated rings. The molecule has 0 unspecified atom stereocenters. The first-order valence-corrected chi connectivity index (χ1v) is 7.90. The predicted molar refractivity (Wildman–Crippen MR) is 87.2 cm³/mol. The SMILES string of the molecule is CSc1ncc(-c2ccc(-c3ccc(C)cc3)cc2)nn1. The monoisotopic (exact) mass is 293 g/mol. The van der Waals surface area contributed by atoms with Crippen molar-refractivity contribution < 1.29 is 0 Å². The first-order chi connectivity index (χ1) is 10.3. The molecule has 0 bridgehead atoms. The van der Waals surface area contributed by atoms with Crippen LogP contribution < -0.4 is 0 Å². The molecule has 21 heavy (non-hydrogen) atoms. The van der Waals surface area contributed by atoms with E-state index in [0.29, 0.717) is 5.16 Å². The molecule has 0 radical (unpaired) electrons. The normalized spacial score (nSPS) is 10.6. The van der Waals surface area contributed by atoms with Gasteiger partial charge in [0.2, 0.25) is 5.16 Å². The Hall–Kier alpha value is -2.20. The van der Waals surface area contributed by atoms with Crippen molar-refractivity contribution in [3.05, 3.63) is 60.3 Å². The van der Waals surface area contributed by atoms with Crippen molar-refractivity contribution >= 4 is 11.8 Å². The maximum Gasteiger partial charge on any atom is 0.208 e. The van der Waals surface area contributed by atoms with Crippen LogP contribution in [0.4, 0.5) is 0 Å². The second-order valence-corrected chi connectivity index (χ2v) is 5.55. The fraction of sp³-hybridized carbons (Fsp3) is 0.118. The first kappa shape index (κ1) is 13.8. The number of aromatic nitrogens is 3. The number of aryl methyl sites for hydroxylation is 1. The molecule has 2 aromatic carbocycles. The van der Waals surface area contributed by atoms with Crippen LogP contribution in [0.3, 0.4) is 0 Å². The van der Waals surface area contributed by atoms with Gasteiger partial charge in [-0.2, -0.15) is 0 Å². The Labute approximate surface area is 128 Å². The van der Waals surface area contributed by atoms with Gasteiger partial charge in [0.05, 0.1) is 6.20 Å². The predicted octanol–water partition coefficient (Wildman–Crippen LogP) is 4.24. The van der Waals surface area contributed by atoms with E-state index in [2.05, 4.69) is 70.6 Å². The highest BCUT2D eigenvalue weighted by Gasteiger charge is 2.03. The van der Waals surface area contributed by atoms with E-state index in [1.54, 1.807) is 6.20 Å². The van der Waals surface area contributed by atoms with Crippen molar-refractivity contribution in [2.24, 2.45) is 0 Å². The number of nitrogens with zero attached hydrogens (tertiary/aromatic N) is 3. The van der Waals surface area contributed by atoms with E-state index < -0.39 is 0 Å². The smallest absolute Gasteiger partial charge is 0.208 e. The van der Waals surface area contributed by atoms with Gasteiger partial charge in [0, 0.05) is 5.56 Å². The summed E-state index contributed by atoms with van der Waals surface area (Å²) in [7, 11) is 0. The lowest BCUT2D eigenvalue weighted by atomic mass is 10.0. The standard InChI is InChI=1S/C17H15N3S/c1-12-3-5-13(6-4-12)14-7-9-15(10-8-14)16-11-18-17(21-2)20-19-16/h3-11H,1-2H3. The molecule has 0 aliphatic heterocycles. The molecule has 0 saturated carbocycles. The third-order valence-electron chi connectivity index (χ3n) is 3.29. The third kappa shape index (κ3) is 3.11. The average Bonchev–Trinajstić information content (AvgIpc) is 2.56. The van der Waals surface area contributed by atoms with Crippen LogP contribution in [-0.2, 0) is 0 Å². The summed E-state index contributed by atoms with van der Waals surface area (Å²) in [6.45, 7) is 2.09. The molecule has 1 aromatic heterocycles. The molecule has 0 spiro atoms. The Morgan fingerprint density at radius 1 is 0.762 bits per heavy atom. The van der Waals surface area contributed by atoms with Gasteiger partial charge in [0.1, 0.15) is 5.69 Å². The minimum atomic E-state index is 0.690. The molecule has 1 heterocycles. The second-order valence-electron chi connectivity index (χ2n) is 4.77. The number of rotatable bonds is 3. The molecule has 3 nitrogen and oxygen atoms in total. The van der Waals surface area contributed by atoms with Crippen LogP contribution in [0.2, 0.25) is 0 Å². The molecule has 4 heteroatoms. The lowest BCUT2D eigenvalue weighted by Crippen LogP contribution is -1.92. The quantitative estimate of drug-likeness (QED) is 0.677. The van der Waals surface area contributed by atoms with Gasteiger partial charge in [-0.3, -0.25) is 0 Å². The van der Waals surface area contributed by atoms with Crippen LogP contribution in [0.1, 0.15) is 5.56 Å². The molecule has 0 N–H and O–H groups in total. The lowest BCUT2D eigenvalue weighted by Gasteiger charge is -2.04. The zero-order valence-electron chi connectivity index (χ0n) is 11.9. The van der Waals surface area contributed by atoms with Crippen LogP contribution >= 0.6 is 11.8 Å². The lowest BCUT2D eigenvalue weighted by molar-refractivity contribution is 0.847. The highest BCUT2D eigenvalue weighted by molar-refractivity contribution is 7.98. The maximum atomic E-state index is 4.25. The molecular formula is C17H15N3S. The van der Waals surface area contributed by atoms with Crippen molar-refractivity contribution in [3.63, 3.8) is 0 Å². The molecule has 0 aliphatic carbocycles. The van der Waals surface area contributed by atoms with E-state index >= 15 is 0 Å². The summed E-state index contributed by atoms with van der Waals surface area (Å²) in [4.78, 5) is 4.25. The zero-order chi connectivity index (χ0) is 14.7. The topological polar surface area (TPSA) is 38.7 Å². The van der Waals surface area contributed by atoms with Gasteiger partial charge in [-0.25, -0.2) is 4.98 Å². The van der Waals surface area contributed by atoms with Gasteiger partial charge in [0.15, 0.2) is 0 Å². The molecular weight excluding hydrogens is 278 g/mol. The van der Waals surface area contributed by atoms with Gasteiger partial charge in [-0.15, -0.1) is 10.2 Å². The van der Waals surface area contributed by atoms with Crippen molar-refractivity contribution in [2.75, 3.05) is 6.26 Å². The van der Waals surface area contributed by atoms with E-state index in [4.69, 9.17) is 0 Å². The van der Waals surface area contributed by atoms with Crippen LogP contribution in [-0.4, -0.2) is 21.4 Å². The van der Waals surface area contributed by atoms with E-state index in [9.17, 15) is 0 Å². The molecule has 0 atom stereocenters. The van der Waals surface area contributed by atoms with E-state index in [1.807, 2.05) is 6.26 Å². The average molecular weight is 293 g/mol. The molecule has 3 rings (SSSR count). The van der Waals surface area contributed by atoms with E-state index in [1.165, 1.54) is 28.5 Å². The van der Waals surface area contributed by atoms with Crippen molar-refractivity contribution in [3.8, 4) is 22.4 Å². The Bertz CT molecular complexity index is 719. The van der Waals surface area contributed by atoms with Crippen LogP contribution in [0, 0.1) is 6.92 Å².